The Morgan fingerprint density at radius 1 is 1.03 bits per heavy atom. The predicted molar refractivity (Wildman–Crippen MR) is 132 cm³/mol. The second kappa shape index (κ2) is 9.30. The number of fused-ring (bicyclic) bond motifs is 1. The van der Waals surface area contributed by atoms with Crippen molar-refractivity contribution in [1.82, 2.24) is 19.7 Å². The number of pyridine rings is 1. The Kier molecular flexibility index (Phi) is 5.88. The first kappa shape index (κ1) is 22.1. The molecule has 0 spiro atoms. The molecule has 0 saturated heterocycles. The van der Waals surface area contributed by atoms with E-state index in [0.29, 0.717) is 40.2 Å². The molecule has 9 heteroatoms. The molecule has 1 atom stereocenters. The van der Waals surface area contributed by atoms with Gasteiger partial charge in [-0.1, -0.05) is 24.3 Å². The first-order valence-electron chi connectivity index (χ1n) is 11.0. The van der Waals surface area contributed by atoms with Gasteiger partial charge in [-0.05, 0) is 48.9 Å². The fourth-order valence-corrected chi connectivity index (χ4v) is 4.13. The number of aromatic nitrogens is 4. The van der Waals surface area contributed by atoms with Crippen molar-refractivity contribution in [2.75, 3.05) is 24.9 Å². The molecule has 1 aliphatic heterocycles. The van der Waals surface area contributed by atoms with Crippen LogP contribution in [0.4, 0.5) is 11.6 Å². The summed E-state index contributed by atoms with van der Waals surface area (Å²) < 4.78 is 12.6. The Bertz CT molecular complexity index is 1410. The zero-order valence-electron chi connectivity index (χ0n) is 19.5. The lowest BCUT2D eigenvalue weighted by atomic mass is 9.95. The van der Waals surface area contributed by atoms with Gasteiger partial charge in [-0.2, -0.15) is 4.98 Å². The van der Waals surface area contributed by atoms with Gasteiger partial charge in [0.1, 0.15) is 17.5 Å². The number of rotatable bonds is 6. The normalized spacial score (nSPS) is 14.7. The van der Waals surface area contributed by atoms with Gasteiger partial charge in [-0.25, -0.2) is 4.68 Å². The molecule has 0 unspecified atom stereocenters. The smallest absolute Gasteiger partial charge is 0.255 e. The van der Waals surface area contributed by atoms with Gasteiger partial charge < -0.3 is 20.1 Å². The molecule has 0 radical (unpaired) electrons. The minimum Gasteiger partial charge on any atom is -0.497 e. The summed E-state index contributed by atoms with van der Waals surface area (Å²) in [6.07, 6.45) is 3.38. The highest BCUT2D eigenvalue weighted by molar-refractivity contribution is 6.06. The van der Waals surface area contributed by atoms with E-state index < -0.39 is 6.04 Å². The zero-order valence-corrected chi connectivity index (χ0v) is 19.5. The second-order valence-electron chi connectivity index (χ2n) is 7.94. The van der Waals surface area contributed by atoms with Crippen LogP contribution in [0.5, 0.6) is 11.5 Å². The number of carbonyl (C=O) groups excluding carboxylic acids is 1. The van der Waals surface area contributed by atoms with Crippen molar-refractivity contribution in [1.29, 1.82) is 0 Å². The van der Waals surface area contributed by atoms with Gasteiger partial charge in [0.25, 0.3) is 5.91 Å². The van der Waals surface area contributed by atoms with Gasteiger partial charge in [0.2, 0.25) is 5.95 Å². The number of ether oxygens (including phenoxy) is 2. The highest BCUT2D eigenvalue weighted by atomic mass is 16.5. The van der Waals surface area contributed by atoms with E-state index >= 15 is 0 Å². The fourth-order valence-electron chi connectivity index (χ4n) is 4.13. The van der Waals surface area contributed by atoms with Gasteiger partial charge in [-0.15, -0.1) is 5.10 Å². The summed E-state index contributed by atoms with van der Waals surface area (Å²) >= 11 is 0. The molecule has 4 aromatic rings. The van der Waals surface area contributed by atoms with E-state index in [0.717, 1.165) is 11.1 Å². The lowest BCUT2D eigenvalue weighted by molar-refractivity contribution is -0.113. The molecule has 0 bridgehead atoms. The summed E-state index contributed by atoms with van der Waals surface area (Å²) in [5.74, 6) is 2.04. The Balaban J connectivity index is 1.61. The topological polar surface area (TPSA) is 103 Å². The number of nitrogens with one attached hydrogen (secondary N) is 2. The number of methoxy groups -OCH3 is 2. The molecule has 0 saturated carbocycles. The molecule has 9 nitrogen and oxygen atoms in total. The minimum absolute atomic E-state index is 0.279. The third-order valence-electron chi connectivity index (χ3n) is 5.80. The Morgan fingerprint density at radius 3 is 2.60 bits per heavy atom. The van der Waals surface area contributed by atoms with Crippen LogP contribution in [0.1, 0.15) is 18.5 Å². The van der Waals surface area contributed by atoms with Crippen molar-refractivity contribution in [2.45, 2.75) is 13.0 Å². The van der Waals surface area contributed by atoms with Gasteiger partial charge in [-0.3, -0.25) is 9.78 Å². The third-order valence-corrected chi connectivity index (χ3v) is 5.80. The Hall–Kier alpha value is -4.66. The van der Waals surface area contributed by atoms with Gasteiger partial charge in [0.05, 0.1) is 25.5 Å². The van der Waals surface area contributed by atoms with Crippen LogP contribution in [0.25, 0.3) is 11.4 Å². The second-order valence-corrected chi connectivity index (χ2v) is 7.94. The third kappa shape index (κ3) is 4.19. The summed E-state index contributed by atoms with van der Waals surface area (Å²) in [6, 6.07) is 18.0. The number of allylic oxidation sites excluding steroid dienone is 1. The van der Waals surface area contributed by atoms with Crippen LogP contribution in [0, 0.1) is 0 Å². The first-order chi connectivity index (χ1) is 17.1. The van der Waals surface area contributed by atoms with Crippen LogP contribution in [0.15, 0.2) is 84.3 Å². The molecule has 2 aromatic carbocycles. The molecule has 2 aromatic heterocycles. The SMILES string of the molecule is COc1cccc([C@@H]2C(C(=O)Nc3ccccc3OC)=C(C)Nc3nc(-c4ccncc4)nn32)c1. The molecule has 5 rings (SSSR count). The average molecular weight is 469 g/mol. The standard InChI is InChI=1S/C26H24N6O3/c1-16-22(25(33)29-20-9-4-5-10-21(20)35-3)23(18-7-6-8-19(15-18)34-2)32-26(28-16)30-24(31-32)17-11-13-27-14-12-17/h4-15,23H,1-3H3,(H,29,33)(H,28,30,31)/t23-/m1/s1. The molecular formula is C26H24N6O3. The van der Waals surface area contributed by atoms with Crippen molar-refractivity contribution in [3.63, 3.8) is 0 Å². The number of hydrogen-bond acceptors (Lipinski definition) is 7. The van der Waals surface area contributed by atoms with E-state index in [4.69, 9.17) is 19.6 Å². The molecular weight excluding hydrogens is 444 g/mol. The van der Waals surface area contributed by atoms with Gasteiger partial charge >= 0.3 is 0 Å². The van der Waals surface area contributed by atoms with Crippen LogP contribution in [0.2, 0.25) is 0 Å². The summed E-state index contributed by atoms with van der Waals surface area (Å²) in [7, 11) is 3.18. The van der Waals surface area contributed by atoms with E-state index in [2.05, 4.69) is 15.6 Å². The lowest BCUT2D eigenvalue weighted by Crippen LogP contribution is -2.31. The highest BCUT2D eigenvalue weighted by Gasteiger charge is 2.35. The Morgan fingerprint density at radius 2 is 1.83 bits per heavy atom. The van der Waals surface area contributed by atoms with Gasteiger partial charge in [0, 0.05) is 23.7 Å². The largest absolute Gasteiger partial charge is 0.497 e. The van der Waals surface area contributed by atoms with Crippen molar-refractivity contribution in [2.24, 2.45) is 0 Å². The van der Waals surface area contributed by atoms with E-state index in [1.165, 1.54) is 0 Å². The van der Waals surface area contributed by atoms with E-state index in [-0.39, 0.29) is 5.91 Å². The first-order valence-corrected chi connectivity index (χ1v) is 11.0. The fraction of sp³-hybridized carbons (Fsp3) is 0.154. The highest BCUT2D eigenvalue weighted by Crippen LogP contribution is 2.38. The zero-order chi connectivity index (χ0) is 24.4. The van der Waals surface area contributed by atoms with Crippen molar-refractivity contribution >= 4 is 17.5 Å². The molecule has 176 valence electrons. The molecule has 1 amide bonds. The Labute approximate surface area is 202 Å². The number of carbonyl (C=O) groups is 1. The van der Waals surface area contributed by atoms with Crippen LogP contribution >= 0.6 is 0 Å². The summed E-state index contributed by atoms with van der Waals surface area (Å²) in [6.45, 7) is 1.86. The average Bonchev–Trinajstić information content (AvgIpc) is 3.32. The van der Waals surface area contributed by atoms with Crippen LogP contribution in [-0.4, -0.2) is 39.9 Å². The number of nitrogens with zero attached hydrogens (tertiary/aromatic N) is 4. The van der Waals surface area contributed by atoms with Crippen LogP contribution < -0.4 is 20.1 Å². The number of para-hydroxylation sites is 2. The lowest BCUT2D eigenvalue weighted by Gasteiger charge is -2.29. The van der Waals surface area contributed by atoms with E-state index in [1.54, 1.807) is 43.4 Å². The van der Waals surface area contributed by atoms with E-state index in [9.17, 15) is 4.79 Å². The van der Waals surface area contributed by atoms with Crippen molar-refractivity contribution in [3.05, 3.63) is 89.9 Å². The molecule has 0 fully saturated rings. The number of amides is 1. The monoisotopic (exact) mass is 468 g/mol. The van der Waals surface area contributed by atoms with E-state index in [1.807, 2.05) is 55.5 Å². The van der Waals surface area contributed by atoms with Gasteiger partial charge in [0.15, 0.2) is 5.82 Å². The summed E-state index contributed by atoms with van der Waals surface area (Å²) in [5.41, 5.74) is 3.41. The maximum atomic E-state index is 13.7. The maximum absolute atomic E-state index is 13.7. The minimum atomic E-state index is -0.542. The number of anilines is 2. The molecule has 0 aliphatic carbocycles. The predicted octanol–water partition coefficient (Wildman–Crippen LogP) is 4.28. The molecule has 3 heterocycles. The molecule has 2 N–H and O–H groups in total. The maximum Gasteiger partial charge on any atom is 0.255 e. The van der Waals surface area contributed by atoms with Crippen molar-refractivity contribution in [3.8, 4) is 22.9 Å². The number of hydrogen-bond donors (Lipinski definition) is 2. The molecule has 35 heavy (non-hydrogen) atoms. The summed E-state index contributed by atoms with van der Waals surface area (Å²) in [4.78, 5) is 22.5. The van der Waals surface area contributed by atoms with Crippen LogP contribution in [-0.2, 0) is 4.79 Å². The molecule has 1 aliphatic rings. The summed E-state index contributed by atoms with van der Waals surface area (Å²) in [5, 5.41) is 11.0. The quantitative estimate of drug-likeness (QED) is 0.435. The van der Waals surface area contributed by atoms with Crippen molar-refractivity contribution < 1.29 is 14.3 Å². The number of benzene rings is 2. The van der Waals surface area contributed by atoms with Crippen LogP contribution in [0.3, 0.4) is 0 Å².